The molecule has 0 saturated carbocycles. The lowest BCUT2D eigenvalue weighted by Crippen LogP contribution is -2.33. The van der Waals surface area contributed by atoms with Crippen LogP contribution in [0, 0.1) is 11.6 Å². The molecule has 1 aromatic carbocycles. The molecule has 17 heavy (non-hydrogen) atoms. The molecule has 1 aromatic rings. The predicted molar refractivity (Wildman–Crippen MR) is 59.2 cm³/mol. The first-order valence-corrected chi connectivity index (χ1v) is 5.53. The highest BCUT2D eigenvalue weighted by Gasteiger charge is 2.24. The Balaban J connectivity index is 2.05. The van der Waals surface area contributed by atoms with Crippen molar-refractivity contribution in [1.82, 2.24) is 4.90 Å². The van der Waals surface area contributed by atoms with Crippen molar-refractivity contribution < 1.29 is 13.6 Å². The lowest BCUT2D eigenvalue weighted by molar-refractivity contribution is -0.129. The third kappa shape index (κ3) is 2.79. The van der Waals surface area contributed by atoms with Crippen LogP contribution >= 0.6 is 0 Å². The summed E-state index contributed by atoms with van der Waals surface area (Å²) < 4.78 is 26.3. The fourth-order valence-electron chi connectivity index (χ4n) is 1.97. The van der Waals surface area contributed by atoms with Crippen molar-refractivity contribution in [3.8, 4) is 0 Å². The number of amides is 1. The Morgan fingerprint density at radius 3 is 2.88 bits per heavy atom. The van der Waals surface area contributed by atoms with Gasteiger partial charge in [0.05, 0.1) is 6.42 Å². The highest BCUT2D eigenvalue weighted by molar-refractivity contribution is 5.79. The number of hydrogen-bond acceptors (Lipinski definition) is 2. The largest absolute Gasteiger partial charge is 0.341 e. The fourth-order valence-corrected chi connectivity index (χ4v) is 1.97. The van der Waals surface area contributed by atoms with Gasteiger partial charge in [-0.1, -0.05) is 0 Å². The number of likely N-dealkylation sites (tertiary alicyclic amines) is 1. The Morgan fingerprint density at radius 1 is 1.47 bits per heavy atom. The second kappa shape index (κ2) is 4.79. The number of nitrogens with two attached hydrogens (primary N) is 1. The van der Waals surface area contributed by atoms with E-state index in [1.165, 1.54) is 0 Å². The van der Waals surface area contributed by atoms with E-state index < -0.39 is 11.6 Å². The van der Waals surface area contributed by atoms with Crippen molar-refractivity contribution in [1.29, 1.82) is 0 Å². The maximum atomic E-state index is 13.3. The van der Waals surface area contributed by atoms with Gasteiger partial charge >= 0.3 is 0 Å². The highest BCUT2D eigenvalue weighted by Crippen LogP contribution is 2.14. The van der Waals surface area contributed by atoms with Gasteiger partial charge in [-0.3, -0.25) is 4.79 Å². The summed E-state index contributed by atoms with van der Waals surface area (Å²) in [5.41, 5.74) is 5.78. The standard InChI is InChI=1S/C12H14F2N2O/c13-9-1-2-11(14)8(5-9)6-12(17)16-4-3-10(15)7-16/h1-2,5,10H,3-4,6-7,15H2. The SMILES string of the molecule is NC1CCN(C(=O)Cc2cc(F)ccc2F)C1. The molecule has 3 nitrogen and oxygen atoms in total. The van der Waals surface area contributed by atoms with Crippen LogP contribution in [-0.2, 0) is 11.2 Å². The molecule has 92 valence electrons. The predicted octanol–water partition coefficient (Wildman–Crippen LogP) is 1.07. The normalized spacial score (nSPS) is 19.7. The Bertz CT molecular complexity index is 437. The van der Waals surface area contributed by atoms with Gasteiger partial charge in [-0.15, -0.1) is 0 Å². The van der Waals surface area contributed by atoms with Crippen LogP contribution in [0.25, 0.3) is 0 Å². The fraction of sp³-hybridized carbons (Fsp3) is 0.417. The minimum atomic E-state index is -0.553. The molecule has 1 unspecified atom stereocenters. The van der Waals surface area contributed by atoms with E-state index in [-0.39, 0.29) is 23.9 Å². The quantitative estimate of drug-likeness (QED) is 0.840. The summed E-state index contributed by atoms with van der Waals surface area (Å²) >= 11 is 0. The molecule has 1 saturated heterocycles. The van der Waals surface area contributed by atoms with Crippen LogP contribution in [0.1, 0.15) is 12.0 Å². The first-order chi connectivity index (χ1) is 8.06. The van der Waals surface area contributed by atoms with Gasteiger partial charge in [-0.05, 0) is 24.6 Å². The van der Waals surface area contributed by atoms with E-state index in [1.54, 1.807) is 4.90 Å². The molecule has 1 fully saturated rings. The van der Waals surface area contributed by atoms with Gasteiger partial charge < -0.3 is 10.6 Å². The van der Waals surface area contributed by atoms with Gasteiger partial charge in [0.25, 0.3) is 0 Å². The first-order valence-electron chi connectivity index (χ1n) is 5.53. The first kappa shape index (κ1) is 12.0. The molecule has 2 rings (SSSR count). The number of carbonyl (C=O) groups is 1. The zero-order valence-corrected chi connectivity index (χ0v) is 9.33. The van der Waals surface area contributed by atoms with Crippen LogP contribution in [0.2, 0.25) is 0 Å². The Morgan fingerprint density at radius 2 is 2.24 bits per heavy atom. The number of rotatable bonds is 2. The maximum absolute atomic E-state index is 13.3. The van der Waals surface area contributed by atoms with Crippen LogP contribution in [0.15, 0.2) is 18.2 Å². The van der Waals surface area contributed by atoms with E-state index in [4.69, 9.17) is 5.73 Å². The van der Waals surface area contributed by atoms with Crippen LogP contribution in [0.4, 0.5) is 8.78 Å². The molecule has 2 N–H and O–H groups in total. The average Bonchev–Trinajstić information content (AvgIpc) is 2.70. The van der Waals surface area contributed by atoms with E-state index >= 15 is 0 Å². The van der Waals surface area contributed by atoms with Crippen molar-refractivity contribution in [3.63, 3.8) is 0 Å². The smallest absolute Gasteiger partial charge is 0.227 e. The molecule has 0 radical (unpaired) electrons. The van der Waals surface area contributed by atoms with Gasteiger partial charge in [0.15, 0.2) is 0 Å². The molecular weight excluding hydrogens is 226 g/mol. The molecule has 0 bridgehead atoms. The molecular formula is C12H14F2N2O. The second-order valence-electron chi connectivity index (χ2n) is 4.30. The molecule has 5 heteroatoms. The van der Waals surface area contributed by atoms with Gasteiger partial charge in [-0.25, -0.2) is 8.78 Å². The zero-order chi connectivity index (χ0) is 12.4. The molecule has 1 atom stereocenters. The number of halogens is 2. The summed E-state index contributed by atoms with van der Waals surface area (Å²) in [7, 11) is 0. The topological polar surface area (TPSA) is 46.3 Å². The zero-order valence-electron chi connectivity index (χ0n) is 9.33. The Kier molecular flexibility index (Phi) is 3.38. The third-order valence-corrected chi connectivity index (χ3v) is 2.93. The summed E-state index contributed by atoms with van der Waals surface area (Å²) in [6, 6.07) is 3.13. The van der Waals surface area contributed by atoms with Crippen LogP contribution < -0.4 is 5.73 Å². The average molecular weight is 240 g/mol. The Labute approximate surface area is 98.2 Å². The van der Waals surface area contributed by atoms with Gasteiger partial charge in [0.1, 0.15) is 11.6 Å². The van der Waals surface area contributed by atoms with Crippen molar-refractivity contribution in [2.24, 2.45) is 5.73 Å². The van der Waals surface area contributed by atoms with Crippen molar-refractivity contribution in [2.45, 2.75) is 18.9 Å². The minimum Gasteiger partial charge on any atom is -0.341 e. The number of hydrogen-bond donors (Lipinski definition) is 1. The molecule has 1 heterocycles. The van der Waals surface area contributed by atoms with Crippen LogP contribution in [0.3, 0.4) is 0 Å². The Hall–Kier alpha value is -1.49. The van der Waals surface area contributed by atoms with E-state index in [1.807, 2.05) is 0 Å². The summed E-state index contributed by atoms with van der Waals surface area (Å²) in [5, 5.41) is 0. The second-order valence-corrected chi connectivity index (χ2v) is 4.30. The number of carbonyl (C=O) groups excluding carboxylic acids is 1. The molecule has 1 aliphatic heterocycles. The summed E-state index contributed by atoms with van der Waals surface area (Å²) in [5.74, 6) is -1.29. The van der Waals surface area contributed by atoms with Gasteiger partial charge in [0, 0.05) is 24.7 Å². The number of benzene rings is 1. The maximum Gasteiger partial charge on any atom is 0.227 e. The summed E-state index contributed by atoms with van der Waals surface area (Å²) in [4.78, 5) is 13.4. The van der Waals surface area contributed by atoms with Crippen molar-refractivity contribution in [2.75, 3.05) is 13.1 Å². The summed E-state index contributed by atoms with van der Waals surface area (Å²) in [6.45, 7) is 1.09. The molecule has 1 aliphatic rings. The third-order valence-electron chi connectivity index (χ3n) is 2.93. The number of nitrogens with zero attached hydrogens (tertiary/aromatic N) is 1. The lowest BCUT2D eigenvalue weighted by Gasteiger charge is -2.15. The van der Waals surface area contributed by atoms with E-state index in [2.05, 4.69) is 0 Å². The monoisotopic (exact) mass is 240 g/mol. The van der Waals surface area contributed by atoms with E-state index in [9.17, 15) is 13.6 Å². The molecule has 1 amide bonds. The lowest BCUT2D eigenvalue weighted by atomic mass is 10.1. The highest BCUT2D eigenvalue weighted by atomic mass is 19.1. The van der Waals surface area contributed by atoms with Crippen LogP contribution in [-0.4, -0.2) is 29.9 Å². The molecule has 0 aliphatic carbocycles. The van der Waals surface area contributed by atoms with Gasteiger partial charge in [-0.2, -0.15) is 0 Å². The molecule has 0 spiro atoms. The minimum absolute atomic E-state index is 0.00342. The van der Waals surface area contributed by atoms with Gasteiger partial charge in [0.2, 0.25) is 5.91 Å². The van der Waals surface area contributed by atoms with Crippen molar-refractivity contribution >= 4 is 5.91 Å². The molecule has 0 aromatic heterocycles. The van der Waals surface area contributed by atoms with E-state index in [0.29, 0.717) is 13.1 Å². The van der Waals surface area contributed by atoms with Crippen molar-refractivity contribution in [3.05, 3.63) is 35.4 Å². The van der Waals surface area contributed by atoms with E-state index in [0.717, 1.165) is 24.6 Å². The summed E-state index contributed by atoms with van der Waals surface area (Å²) in [6.07, 6.45) is 0.647. The van der Waals surface area contributed by atoms with Crippen LogP contribution in [0.5, 0.6) is 0 Å².